The van der Waals surface area contributed by atoms with Crippen LogP contribution in [-0.4, -0.2) is 10.8 Å². The highest BCUT2D eigenvalue weighted by Gasteiger charge is 2.08. The minimum atomic E-state index is 0.155. The summed E-state index contributed by atoms with van der Waals surface area (Å²) in [6, 6.07) is 5.69. The van der Waals surface area contributed by atoms with E-state index in [1.165, 1.54) is 0 Å². The summed E-state index contributed by atoms with van der Waals surface area (Å²) < 4.78 is 1.14. The molecule has 0 spiro atoms. The number of Topliss-reactive ketones (excluding diaryl/α,β-unsaturated/α-hetero) is 1. The third-order valence-electron chi connectivity index (χ3n) is 1.98. The highest BCUT2D eigenvalue weighted by molar-refractivity contribution is 14.1. The molecule has 2 aromatic heterocycles. The van der Waals surface area contributed by atoms with Gasteiger partial charge in [0.15, 0.2) is 5.78 Å². The summed E-state index contributed by atoms with van der Waals surface area (Å²) in [6.07, 6.45) is 3.87. The summed E-state index contributed by atoms with van der Waals surface area (Å²) in [7, 11) is 0. The van der Waals surface area contributed by atoms with Crippen LogP contribution in [0.2, 0.25) is 0 Å². The van der Waals surface area contributed by atoms with Gasteiger partial charge in [0.25, 0.3) is 0 Å². The van der Waals surface area contributed by atoms with Gasteiger partial charge < -0.3 is 0 Å². The van der Waals surface area contributed by atoms with Gasteiger partial charge in [-0.15, -0.1) is 11.3 Å². The molecule has 0 saturated carbocycles. The maximum atomic E-state index is 11.8. The molecule has 0 aliphatic rings. The lowest BCUT2D eigenvalue weighted by Crippen LogP contribution is -2.01. The van der Waals surface area contributed by atoms with Crippen LogP contribution in [0.3, 0.4) is 0 Å². The molecule has 0 aromatic carbocycles. The smallest absolute Gasteiger partial charge is 0.168 e. The van der Waals surface area contributed by atoms with Crippen molar-refractivity contribution in [3.8, 4) is 0 Å². The number of halogens is 1. The highest BCUT2D eigenvalue weighted by Crippen LogP contribution is 2.18. The van der Waals surface area contributed by atoms with E-state index in [4.69, 9.17) is 0 Å². The van der Waals surface area contributed by atoms with Crippen LogP contribution in [0.25, 0.3) is 0 Å². The van der Waals surface area contributed by atoms with Gasteiger partial charge in [-0.25, -0.2) is 0 Å². The maximum Gasteiger partial charge on any atom is 0.168 e. The number of hydrogen-bond acceptors (Lipinski definition) is 3. The van der Waals surface area contributed by atoms with Crippen molar-refractivity contribution in [1.82, 2.24) is 4.98 Å². The number of ketones is 1. The van der Waals surface area contributed by atoms with Gasteiger partial charge in [0.1, 0.15) is 0 Å². The Balaban J connectivity index is 2.11. The minimum absolute atomic E-state index is 0.155. The number of nitrogens with zero attached hydrogens (tertiary/aromatic N) is 1. The van der Waals surface area contributed by atoms with Crippen molar-refractivity contribution in [2.75, 3.05) is 0 Å². The van der Waals surface area contributed by atoms with Crippen molar-refractivity contribution in [3.05, 3.63) is 50.0 Å². The van der Waals surface area contributed by atoms with Gasteiger partial charge in [0.2, 0.25) is 0 Å². The van der Waals surface area contributed by atoms with E-state index in [9.17, 15) is 4.79 Å². The number of carbonyl (C=O) groups is 1. The lowest BCUT2D eigenvalue weighted by molar-refractivity contribution is 0.0993. The first-order chi connectivity index (χ1) is 7.25. The van der Waals surface area contributed by atoms with Crippen molar-refractivity contribution in [2.45, 2.75) is 6.42 Å². The van der Waals surface area contributed by atoms with Crippen molar-refractivity contribution >= 4 is 39.7 Å². The molecule has 0 fully saturated rings. The molecule has 0 aliphatic heterocycles. The zero-order valence-corrected chi connectivity index (χ0v) is 10.8. The van der Waals surface area contributed by atoms with Gasteiger partial charge in [0, 0.05) is 29.8 Å². The highest BCUT2D eigenvalue weighted by atomic mass is 127. The Labute approximate surface area is 106 Å². The largest absolute Gasteiger partial charge is 0.294 e. The van der Waals surface area contributed by atoms with Crippen LogP contribution < -0.4 is 0 Å². The molecule has 0 radical (unpaired) electrons. The minimum Gasteiger partial charge on any atom is -0.294 e. The second-order valence-electron chi connectivity index (χ2n) is 3.10. The number of rotatable bonds is 3. The Hall–Kier alpha value is -0.750. The van der Waals surface area contributed by atoms with Gasteiger partial charge in [-0.3, -0.25) is 9.78 Å². The first-order valence-corrected chi connectivity index (χ1v) is 6.37. The molecule has 0 atom stereocenters. The van der Waals surface area contributed by atoms with Crippen LogP contribution in [-0.2, 0) is 6.42 Å². The lowest BCUT2D eigenvalue weighted by atomic mass is 10.1. The van der Waals surface area contributed by atoms with Crippen LogP contribution in [0.4, 0.5) is 0 Å². The second kappa shape index (κ2) is 4.85. The van der Waals surface area contributed by atoms with Crippen LogP contribution in [0.15, 0.2) is 36.0 Å². The van der Waals surface area contributed by atoms with Crippen molar-refractivity contribution in [1.29, 1.82) is 0 Å². The molecule has 2 aromatic rings. The van der Waals surface area contributed by atoms with Crippen molar-refractivity contribution < 1.29 is 4.79 Å². The molecule has 0 N–H and O–H groups in total. The van der Waals surface area contributed by atoms with Gasteiger partial charge in [-0.1, -0.05) is 6.07 Å². The normalized spacial score (nSPS) is 10.2. The summed E-state index contributed by atoms with van der Waals surface area (Å²) in [4.78, 5) is 15.8. The fourth-order valence-electron chi connectivity index (χ4n) is 1.25. The van der Waals surface area contributed by atoms with Gasteiger partial charge in [0.05, 0.1) is 2.88 Å². The predicted molar refractivity (Wildman–Crippen MR) is 69.3 cm³/mol. The zero-order chi connectivity index (χ0) is 10.7. The third-order valence-corrected chi connectivity index (χ3v) is 3.77. The maximum absolute atomic E-state index is 11.8. The molecule has 2 nitrogen and oxygen atoms in total. The first kappa shape index (κ1) is 10.8. The van der Waals surface area contributed by atoms with Crippen molar-refractivity contribution in [3.63, 3.8) is 0 Å². The number of pyridine rings is 1. The van der Waals surface area contributed by atoms with E-state index < -0.39 is 0 Å². The third kappa shape index (κ3) is 2.85. The van der Waals surface area contributed by atoms with E-state index in [1.807, 2.05) is 23.6 Å². The summed E-state index contributed by atoms with van der Waals surface area (Å²) in [5.41, 5.74) is 1.76. The SMILES string of the molecule is O=C(Cc1cccnc1)c1csc(I)c1. The lowest BCUT2D eigenvalue weighted by Gasteiger charge is -1.97. The average molecular weight is 329 g/mol. The number of aromatic nitrogens is 1. The molecule has 76 valence electrons. The summed E-state index contributed by atoms with van der Waals surface area (Å²) in [5, 5.41) is 1.90. The van der Waals surface area contributed by atoms with E-state index in [2.05, 4.69) is 27.6 Å². The van der Waals surface area contributed by atoms with E-state index in [0.717, 1.165) is 14.0 Å². The zero-order valence-electron chi connectivity index (χ0n) is 7.81. The van der Waals surface area contributed by atoms with Crippen molar-refractivity contribution in [2.24, 2.45) is 0 Å². The Bertz CT molecular complexity index is 466. The number of hydrogen-bond donors (Lipinski definition) is 0. The molecule has 0 unspecified atom stereocenters. The van der Waals surface area contributed by atoms with E-state index >= 15 is 0 Å². The Morgan fingerprint density at radius 1 is 1.53 bits per heavy atom. The molecule has 2 rings (SSSR count). The molecule has 15 heavy (non-hydrogen) atoms. The molecular weight excluding hydrogens is 321 g/mol. The quantitative estimate of drug-likeness (QED) is 0.640. The summed E-state index contributed by atoms with van der Waals surface area (Å²) >= 11 is 3.81. The van der Waals surface area contributed by atoms with Gasteiger partial charge in [-0.05, 0) is 40.3 Å². The van der Waals surface area contributed by atoms with Gasteiger partial charge >= 0.3 is 0 Å². The van der Waals surface area contributed by atoms with E-state index in [0.29, 0.717) is 6.42 Å². The first-order valence-electron chi connectivity index (χ1n) is 4.42. The molecular formula is C11H8INOS. The van der Waals surface area contributed by atoms with Crippen LogP contribution in [0.5, 0.6) is 0 Å². The molecule has 4 heteroatoms. The molecule has 0 saturated heterocycles. The summed E-state index contributed by atoms with van der Waals surface area (Å²) in [5.74, 6) is 0.155. The van der Waals surface area contributed by atoms with Gasteiger partial charge in [-0.2, -0.15) is 0 Å². The average Bonchev–Trinajstić information content (AvgIpc) is 2.66. The number of thiophene rings is 1. The second-order valence-corrected chi connectivity index (χ2v) is 5.91. The van der Waals surface area contributed by atoms with Crippen LogP contribution >= 0.6 is 33.9 Å². The Morgan fingerprint density at radius 2 is 2.40 bits per heavy atom. The summed E-state index contributed by atoms with van der Waals surface area (Å²) in [6.45, 7) is 0. The van der Waals surface area contributed by atoms with E-state index in [-0.39, 0.29) is 5.78 Å². The predicted octanol–water partition coefficient (Wildman–Crippen LogP) is 3.17. The number of carbonyl (C=O) groups excluding carboxylic acids is 1. The van der Waals surface area contributed by atoms with Crippen LogP contribution in [0, 0.1) is 2.88 Å². The van der Waals surface area contributed by atoms with E-state index in [1.54, 1.807) is 23.7 Å². The molecule has 2 heterocycles. The monoisotopic (exact) mass is 329 g/mol. The standard InChI is InChI=1S/C11H8INOS/c12-11-5-9(7-15-11)10(14)4-8-2-1-3-13-6-8/h1-3,5-7H,4H2. The molecule has 0 amide bonds. The molecule has 0 bridgehead atoms. The molecule has 0 aliphatic carbocycles. The Morgan fingerprint density at radius 3 is 3.00 bits per heavy atom. The fraction of sp³-hybridized carbons (Fsp3) is 0.0909. The van der Waals surface area contributed by atoms with Crippen LogP contribution in [0.1, 0.15) is 15.9 Å². The Kier molecular flexibility index (Phi) is 3.48. The topological polar surface area (TPSA) is 30.0 Å². The fourth-order valence-corrected chi connectivity index (χ4v) is 2.60.